The van der Waals surface area contributed by atoms with Crippen LogP contribution < -0.4 is 10.6 Å². The van der Waals surface area contributed by atoms with E-state index in [0.717, 1.165) is 6.20 Å². The normalized spacial score (nSPS) is 10.8. The summed E-state index contributed by atoms with van der Waals surface area (Å²) >= 11 is 0. The number of benzene rings is 1. The molecule has 146 valence electrons. The van der Waals surface area contributed by atoms with Crippen molar-refractivity contribution in [2.45, 2.75) is 6.54 Å². The molecule has 3 N–H and O–H groups in total. The number of hydrogen-bond acceptors (Lipinski definition) is 5. The standard InChI is InChI=1S/C17H17FN6O4/c1-23-17(12(18)6-21-23)10-3-2-4-13-11(10)5-22-24(13)9-15(26)19-7-14(25)20-8-16(27)28/h2-6H,7-9H2,1H3,(H,19,26)(H,20,25)(H,27,28). The summed E-state index contributed by atoms with van der Waals surface area (Å²) < 4.78 is 16.9. The van der Waals surface area contributed by atoms with E-state index in [1.54, 1.807) is 25.2 Å². The monoisotopic (exact) mass is 388 g/mol. The molecule has 0 fully saturated rings. The van der Waals surface area contributed by atoms with Crippen molar-refractivity contribution in [3.63, 3.8) is 0 Å². The fourth-order valence-corrected chi connectivity index (χ4v) is 2.76. The van der Waals surface area contributed by atoms with Crippen molar-refractivity contribution in [2.24, 2.45) is 7.05 Å². The van der Waals surface area contributed by atoms with E-state index >= 15 is 0 Å². The lowest BCUT2D eigenvalue weighted by atomic mass is 10.1. The number of halogens is 1. The molecule has 0 aliphatic carbocycles. The fourth-order valence-electron chi connectivity index (χ4n) is 2.76. The van der Waals surface area contributed by atoms with E-state index < -0.39 is 30.1 Å². The number of rotatable bonds is 7. The first-order valence-electron chi connectivity index (χ1n) is 8.24. The van der Waals surface area contributed by atoms with Crippen molar-refractivity contribution in [1.29, 1.82) is 0 Å². The number of carbonyl (C=O) groups excluding carboxylic acids is 2. The zero-order valence-electron chi connectivity index (χ0n) is 14.8. The first-order valence-corrected chi connectivity index (χ1v) is 8.24. The predicted molar refractivity (Wildman–Crippen MR) is 95.5 cm³/mol. The van der Waals surface area contributed by atoms with Crippen LogP contribution in [0.2, 0.25) is 0 Å². The Morgan fingerprint density at radius 2 is 1.86 bits per heavy atom. The maximum absolute atomic E-state index is 14.1. The summed E-state index contributed by atoms with van der Waals surface area (Å²) in [5.41, 5.74) is 1.52. The minimum atomic E-state index is -1.18. The number of aryl methyl sites for hydroxylation is 1. The van der Waals surface area contributed by atoms with Gasteiger partial charge in [-0.1, -0.05) is 12.1 Å². The molecule has 0 aliphatic heterocycles. The van der Waals surface area contributed by atoms with Crippen LogP contribution in [0.3, 0.4) is 0 Å². The molecule has 0 saturated heterocycles. The maximum atomic E-state index is 14.1. The van der Waals surface area contributed by atoms with Crippen LogP contribution in [0.15, 0.2) is 30.6 Å². The van der Waals surface area contributed by atoms with Crippen LogP contribution in [-0.2, 0) is 28.0 Å². The highest BCUT2D eigenvalue weighted by atomic mass is 19.1. The number of hydrogen-bond donors (Lipinski definition) is 3. The number of carboxylic acids is 1. The molecule has 28 heavy (non-hydrogen) atoms. The number of carbonyl (C=O) groups is 3. The van der Waals surface area contributed by atoms with Crippen molar-refractivity contribution in [2.75, 3.05) is 13.1 Å². The van der Waals surface area contributed by atoms with Gasteiger partial charge in [-0.2, -0.15) is 10.2 Å². The second-order valence-corrected chi connectivity index (χ2v) is 5.95. The molecule has 1 aromatic carbocycles. The Hall–Kier alpha value is -3.76. The third-order valence-corrected chi connectivity index (χ3v) is 4.01. The minimum absolute atomic E-state index is 0.160. The van der Waals surface area contributed by atoms with Crippen LogP contribution in [0.5, 0.6) is 0 Å². The molecular formula is C17H17FN6O4. The molecule has 0 atom stereocenters. The first kappa shape index (κ1) is 19.0. The summed E-state index contributed by atoms with van der Waals surface area (Å²) in [6.45, 7) is -1.03. The average molecular weight is 388 g/mol. The molecule has 0 bridgehead atoms. The van der Waals surface area contributed by atoms with Crippen molar-refractivity contribution < 1.29 is 23.9 Å². The molecule has 0 aliphatic rings. The second-order valence-electron chi connectivity index (χ2n) is 5.95. The molecule has 10 nitrogen and oxygen atoms in total. The SMILES string of the molecule is Cn1ncc(F)c1-c1cccc2c1cnn2CC(=O)NCC(=O)NCC(=O)O. The van der Waals surface area contributed by atoms with Crippen molar-refractivity contribution in [1.82, 2.24) is 30.2 Å². The van der Waals surface area contributed by atoms with Crippen molar-refractivity contribution in [3.05, 3.63) is 36.4 Å². The lowest BCUT2D eigenvalue weighted by Gasteiger charge is -2.08. The molecule has 0 unspecified atom stereocenters. The number of aromatic nitrogens is 4. The summed E-state index contributed by atoms with van der Waals surface area (Å²) in [5, 5.41) is 21.7. The molecule has 3 aromatic rings. The Morgan fingerprint density at radius 1 is 1.11 bits per heavy atom. The van der Waals surface area contributed by atoms with Crippen LogP contribution in [0.1, 0.15) is 0 Å². The number of fused-ring (bicyclic) bond motifs is 1. The number of amides is 2. The Morgan fingerprint density at radius 3 is 2.54 bits per heavy atom. The van der Waals surface area contributed by atoms with Crippen molar-refractivity contribution >= 4 is 28.7 Å². The summed E-state index contributed by atoms with van der Waals surface area (Å²) in [4.78, 5) is 33.9. The van der Waals surface area contributed by atoms with Gasteiger partial charge in [-0.15, -0.1) is 0 Å². The summed E-state index contributed by atoms with van der Waals surface area (Å²) in [5.74, 6) is -2.74. The lowest BCUT2D eigenvalue weighted by molar-refractivity contribution is -0.137. The molecule has 0 saturated carbocycles. The van der Waals surface area contributed by atoms with E-state index in [0.29, 0.717) is 22.2 Å². The third kappa shape index (κ3) is 3.98. The topological polar surface area (TPSA) is 131 Å². The highest BCUT2D eigenvalue weighted by Crippen LogP contribution is 2.29. The Bertz CT molecular complexity index is 1040. The number of nitrogens with zero attached hydrogens (tertiary/aromatic N) is 4. The quantitative estimate of drug-likeness (QED) is 0.518. The van der Waals surface area contributed by atoms with Gasteiger partial charge in [0.05, 0.1) is 24.5 Å². The van der Waals surface area contributed by atoms with Gasteiger partial charge in [-0.25, -0.2) is 4.39 Å². The largest absolute Gasteiger partial charge is 0.480 e. The zero-order chi connectivity index (χ0) is 20.3. The van der Waals surface area contributed by atoms with Gasteiger partial charge in [0.2, 0.25) is 11.8 Å². The second kappa shape index (κ2) is 7.86. The van der Waals surface area contributed by atoms with E-state index in [1.165, 1.54) is 15.6 Å². The van der Waals surface area contributed by atoms with Gasteiger partial charge < -0.3 is 15.7 Å². The molecular weight excluding hydrogens is 371 g/mol. The molecule has 2 aromatic heterocycles. The lowest BCUT2D eigenvalue weighted by Crippen LogP contribution is -2.40. The van der Waals surface area contributed by atoms with Crippen LogP contribution in [-0.4, -0.2) is 55.5 Å². The van der Waals surface area contributed by atoms with Gasteiger partial charge in [0.25, 0.3) is 0 Å². The summed E-state index contributed by atoms with van der Waals surface area (Å²) in [6.07, 6.45) is 2.66. The third-order valence-electron chi connectivity index (χ3n) is 4.01. The van der Waals surface area contributed by atoms with Gasteiger partial charge in [0.15, 0.2) is 5.82 Å². The van der Waals surface area contributed by atoms with E-state index in [1.807, 2.05) is 0 Å². The first-order chi connectivity index (χ1) is 13.4. The fraction of sp³-hybridized carbons (Fsp3) is 0.235. The highest BCUT2D eigenvalue weighted by Gasteiger charge is 2.17. The smallest absolute Gasteiger partial charge is 0.322 e. The molecule has 0 spiro atoms. The minimum Gasteiger partial charge on any atom is -0.480 e. The van der Waals surface area contributed by atoms with E-state index in [-0.39, 0.29) is 13.1 Å². The van der Waals surface area contributed by atoms with Crippen LogP contribution in [0, 0.1) is 5.82 Å². The van der Waals surface area contributed by atoms with Gasteiger partial charge >= 0.3 is 5.97 Å². The number of nitrogens with one attached hydrogen (secondary N) is 2. The Balaban J connectivity index is 1.73. The average Bonchev–Trinajstić information content (AvgIpc) is 3.21. The zero-order valence-corrected chi connectivity index (χ0v) is 14.8. The summed E-state index contributed by atoms with van der Waals surface area (Å²) in [7, 11) is 1.63. The molecule has 2 heterocycles. The van der Waals surface area contributed by atoms with Crippen LogP contribution in [0.25, 0.3) is 22.2 Å². The Labute approximate surface area is 157 Å². The van der Waals surface area contributed by atoms with Crippen LogP contribution >= 0.6 is 0 Å². The van der Waals surface area contributed by atoms with Gasteiger partial charge in [-0.3, -0.25) is 23.7 Å². The van der Waals surface area contributed by atoms with Gasteiger partial charge in [-0.05, 0) is 6.07 Å². The molecule has 3 rings (SSSR count). The molecule has 0 radical (unpaired) electrons. The predicted octanol–water partition coefficient (Wildman–Crippen LogP) is -0.107. The van der Waals surface area contributed by atoms with Gasteiger partial charge in [0.1, 0.15) is 18.8 Å². The van der Waals surface area contributed by atoms with E-state index in [2.05, 4.69) is 20.8 Å². The van der Waals surface area contributed by atoms with E-state index in [9.17, 15) is 18.8 Å². The summed E-state index contributed by atoms with van der Waals surface area (Å²) in [6, 6.07) is 5.20. The number of aliphatic carboxylic acids is 1. The molecule has 11 heteroatoms. The van der Waals surface area contributed by atoms with E-state index in [4.69, 9.17) is 5.11 Å². The van der Waals surface area contributed by atoms with Crippen molar-refractivity contribution in [3.8, 4) is 11.3 Å². The maximum Gasteiger partial charge on any atom is 0.322 e. The van der Waals surface area contributed by atoms with Gasteiger partial charge in [0, 0.05) is 18.0 Å². The highest BCUT2D eigenvalue weighted by molar-refractivity contribution is 5.94. The van der Waals surface area contributed by atoms with Crippen LogP contribution in [0.4, 0.5) is 4.39 Å². The Kier molecular flexibility index (Phi) is 5.34. The molecule has 2 amide bonds. The number of carboxylic acid groups (broad SMARTS) is 1.